The minimum atomic E-state index is -0.233. The molecule has 0 aromatic rings. The number of rotatable bonds is 4. The maximum atomic E-state index is 10.3. The van der Waals surface area contributed by atoms with Gasteiger partial charge < -0.3 is 4.74 Å². The zero-order valence-corrected chi connectivity index (χ0v) is 7.65. The minimum Gasteiger partial charge on any atom is -0.466 e. The highest BCUT2D eigenvalue weighted by atomic mass is 35.5. The first-order valence-corrected chi connectivity index (χ1v) is 4.05. The Balaban J connectivity index is 3.38. The van der Waals surface area contributed by atoms with Gasteiger partial charge in [-0.2, -0.15) is 0 Å². The number of halogens is 1. The molecule has 0 aliphatic rings. The Morgan fingerprint density at radius 3 is 2.64 bits per heavy atom. The maximum absolute atomic E-state index is 10.3. The van der Waals surface area contributed by atoms with Crippen LogP contribution >= 0.6 is 11.6 Å². The highest BCUT2D eigenvalue weighted by molar-refractivity contribution is 6.18. The number of alkyl halides is 1. The molecule has 0 bridgehead atoms. The summed E-state index contributed by atoms with van der Waals surface area (Å²) in [5, 5.41) is 0. The molecule has 0 unspecified atom stereocenters. The second-order valence-electron chi connectivity index (χ2n) is 2.29. The second kappa shape index (κ2) is 6.23. The van der Waals surface area contributed by atoms with Crippen LogP contribution in [0.5, 0.6) is 0 Å². The normalized spacial score (nSPS) is 11.4. The Bertz CT molecular complexity index is 152. The summed E-state index contributed by atoms with van der Waals surface area (Å²) < 4.78 is 4.74. The van der Waals surface area contributed by atoms with Crippen LogP contribution in [-0.4, -0.2) is 18.5 Å². The third-order valence-corrected chi connectivity index (χ3v) is 1.38. The number of allylic oxidation sites excluding steroid dienone is 1. The van der Waals surface area contributed by atoms with E-state index in [0.717, 1.165) is 12.0 Å². The third kappa shape index (κ3) is 7.40. The minimum absolute atomic E-state index is 0.233. The first-order valence-electron chi connectivity index (χ1n) is 3.51. The molecule has 0 saturated carbocycles. The van der Waals surface area contributed by atoms with Gasteiger partial charge in [0.25, 0.3) is 0 Å². The van der Waals surface area contributed by atoms with Gasteiger partial charge in [0.1, 0.15) is 0 Å². The van der Waals surface area contributed by atoms with Gasteiger partial charge >= 0.3 is 5.97 Å². The summed E-state index contributed by atoms with van der Waals surface area (Å²) in [6, 6.07) is 0. The number of ether oxygens (including phenoxy) is 1. The Hall–Kier alpha value is -0.500. The van der Waals surface area contributed by atoms with Crippen molar-refractivity contribution in [1.82, 2.24) is 0 Å². The van der Waals surface area contributed by atoms with Crippen molar-refractivity contribution in [2.24, 2.45) is 0 Å². The molecule has 0 spiro atoms. The predicted molar refractivity (Wildman–Crippen MR) is 45.7 cm³/mol. The fourth-order valence-electron chi connectivity index (χ4n) is 0.590. The fraction of sp³-hybridized carbons (Fsp3) is 0.625. The van der Waals surface area contributed by atoms with Crippen molar-refractivity contribution >= 4 is 17.6 Å². The maximum Gasteiger partial charge on any atom is 0.302 e. The molecule has 0 aromatic heterocycles. The summed E-state index contributed by atoms with van der Waals surface area (Å²) >= 11 is 5.45. The molecule has 0 fully saturated rings. The third-order valence-electron chi connectivity index (χ3n) is 1.23. The van der Waals surface area contributed by atoms with Gasteiger partial charge in [-0.25, -0.2) is 0 Å². The average Bonchev–Trinajstić information content (AvgIpc) is 1.87. The molecular weight excluding hydrogens is 164 g/mol. The van der Waals surface area contributed by atoms with E-state index in [4.69, 9.17) is 16.3 Å². The Morgan fingerprint density at radius 1 is 1.55 bits per heavy atom. The molecule has 0 aliphatic carbocycles. The number of hydrogen-bond acceptors (Lipinski definition) is 2. The summed E-state index contributed by atoms with van der Waals surface area (Å²) in [6.45, 7) is 3.82. The van der Waals surface area contributed by atoms with Crippen molar-refractivity contribution in [2.75, 3.05) is 12.5 Å². The van der Waals surface area contributed by atoms with Gasteiger partial charge in [0.15, 0.2) is 0 Å². The summed E-state index contributed by atoms with van der Waals surface area (Å²) in [7, 11) is 0. The topological polar surface area (TPSA) is 26.3 Å². The standard InChI is InChI=1S/C8H13ClO2/c1-7(3-5-9)4-6-11-8(2)10/h3H,4-6H2,1-2H3/b7-3+. The van der Waals surface area contributed by atoms with E-state index in [9.17, 15) is 4.79 Å². The van der Waals surface area contributed by atoms with Gasteiger partial charge in [-0.15, -0.1) is 11.6 Å². The molecule has 2 nitrogen and oxygen atoms in total. The van der Waals surface area contributed by atoms with Crippen LogP contribution in [0.3, 0.4) is 0 Å². The largest absolute Gasteiger partial charge is 0.466 e. The molecule has 0 rings (SSSR count). The van der Waals surface area contributed by atoms with E-state index in [1.807, 2.05) is 13.0 Å². The molecule has 0 N–H and O–H groups in total. The molecule has 11 heavy (non-hydrogen) atoms. The Morgan fingerprint density at radius 2 is 2.18 bits per heavy atom. The monoisotopic (exact) mass is 176 g/mol. The van der Waals surface area contributed by atoms with Crippen LogP contribution in [0.25, 0.3) is 0 Å². The SMILES string of the molecule is CC(=O)OCC/C(C)=C/CCl. The molecule has 0 radical (unpaired) electrons. The van der Waals surface area contributed by atoms with E-state index in [-0.39, 0.29) is 5.97 Å². The number of hydrogen-bond donors (Lipinski definition) is 0. The van der Waals surface area contributed by atoms with Gasteiger partial charge in [-0.3, -0.25) is 4.79 Å². The van der Waals surface area contributed by atoms with Crippen molar-refractivity contribution < 1.29 is 9.53 Å². The highest BCUT2D eigenvalue weighted by Crippen LogP contribution is 2.00. The summed E-state index contributed by atoms with van der Waals surface area (Å²) in [4.78, 5) is 10.3. The molecule has 3 heteroatoms. The summed E-state index contributed by atoms with van der Waals surface area (Å²) in [6.07, 6.45) is 2.68. The van der Waals surface area contributed by atoms with Crippen molar-refractivity contribution in [1.29, 1.82) is 0 Å². The molecule has 0 saturated heterocycles. The van der Waals surface area contributed by atoms with Gasteiger partial charge in [0, 0.05) is 19.2 Å². The van der Waals surface area contributed by atoms with Gasteiger partial charge in [-0.05, 0) is 6.92 Å². The fourth-order valence-corrected chi connectivity index (χ4v) is 0.853. The van der Waals surface area contributed by atoms with Crippen molar-refractivity contribution in [3.8, 4) is 0 Å². The van der Waals surface area contributed by atoms with Crippen LogP contribution in [-0.2, 0) is 9.53 Å². The zero-order valence-electron chi connectivity index (χ0n) is 6.89. The second-order valence-corrected chi connectivity index (χ2v) is 2.60. The lowest BCUT2D eigenvalue weighted by atomic mass is 10.2. The van der Waals surface area contributed by atoms with Crippen LogP contribution in [0.15, 0.2) is 11.6 Å². The molecule has 0 aliphatic heterocycles. The van der Waals surface area contributed by atoms with Crippen molar-refractivity contribution in [3.63, 3.8) is 0 Å². The van der Waals surface area contributed by atoms with Crippen LogP contribution < -0.4 is 0 Å². The van der Waals surface area contributed by atoms with E-state index in [1.165, 1.54) is 6.92 Å². The first-order chi connectivity index (χ1) is 5.16. The lowest BCUT2D eigenvalue weighted by Crippen LogP contribution is -2.00. The average molecular weight is 177 g/mol. The molecule has 0 aromatic carbocycles. The Kier molecular flexibility index (Phi) is 5.94. The van der Waals surface area contributed by atoms with Gasteiger partial charge in [0.2, 0.25) is 0 Å². The van der Waals surface area contributed by atoms with Gasteiger partial charge in [0.05, 0.1) is 6.61 Å². The molecule has 0 heterocycles. The van der Waals surface area contributed by atoms with Crippen molar-refractivity contribution in [3.05, 3.63) is 11.6 Å². The smallest absolute Gasteiger partial charge is 0.302 e. The number of esters is 1. The lowest BCUT2D eigenvalue weighted by Gasteiger charge is -2.00. The molecule has 0 atom stereocenters. The van der Waals surface area contributed by atoms with E-state index in [2.05, 4.69) is 0 Å². The first kappa shape index (κ1) is 10.5. The number of carbonyl (C=O) groups excluding carboxylic acids is 1. The van der Waals surface area contributed by atoms with Gasteiger partial charge in [-0.1, -0.05) is 11.6 Å². The Labute approximate surface area is 72.2 Å². The summed E-state index contributed by atoms with van der Waals surface area (Å²) in [5.74, 6) is 0.287. The number of carbonyl (C=O) groups is 1. The van der Waals surface area contributed by atoms with E-state index in [1.54, 1.807) is 0 Å². The van der Waals surface area contributed by atoms with E-state index < -0.39 is 0 Å². The quantitative estimate of drug-likeness (QED) is 0.373. The summed E-state index contributed by atoms with van der Waals surface area (Å²) in [5.41, 5.74) is 1.15. The predicted octanol–water partition coefficient (Wildman–Crippen LogP) is 2.12. The van der Waals surface area contributed by atoms with E-state index in [0.29, 0.717) is 12.5 Å². The molecule has 64 valence electrons. The van der Waals surface area contributed by atoms with Crippen LogP contribution in [0.4, 0.5) is 0 Å². The lowest BCUT2D eigenvalue weighted by molar-refractivity contribution is -0.140. The zero-order chi connectivity index (χ0) is 8.69. The van der Waals surface area contributed by atoms with E-state index >= 15 is 0 Å². The molecular formula is C8H13ClO2. The van der Waals surface area contributed by atoms with Crippen molar-refractivity contribution in [2.45, 2.75) is 20.3 Å². The van der Waals surface area contributed by atoms with Crippen LogP contribution in [0, 0.1) is 0 Å². The van der Waals surface area contributed by atoms with Crippen LogP contribution in [0.2, 0.25) is 0 Å². The van der Waals surface area contributed by atoms with Crippen LogP contribution in [0.1, 0.15) is 20.3 Å². The highest BCUT2D eigenvalue weighted by Gasteiger charge is 1.93. The molecule has 0 amide bonds.